The topological polar surface area (TPSA) is 91.4 Å². The minimum absolute atomic E-state index is 0.0127. The van der Waals surface area contributed by atoms with Gasteiger partial charge in [0.05, 0.1) is 12.3 Å². The Balaban J connectivity index is 1.57. The molecule has 0 unspecified atom stereocenters. The first kappa shape index (κ1) is 22.2. The van der Waals surface area contributed by atoms with Crippen LogP contribution in [0.2, 0.25) is 0 Å². The van der Waals surface area contributed by atoms with Gasteiger partial charge in [-0.05, 0) is 28.3 Å². The monoisotopic (exact) mass is 469 g/mol. The Morgan fingerprint density at radius 3 is 2.24 bits per heavy atom. The first-order valence-electron chi connectivity index (χ1n) is 10.9. The van der Waals surface area contributed by atoms with Gasteiger partial charge in [0, 0.05) is 29.1 Å². The number of rotatable bonds is 7. The maximum atomic E-state index is 9.45. The second-order valence-corrected chi connectivity index (χ2v) is 8.81. The van der Waals surface area contributed by atoms with Crippen LogP contribution in [0.25, 0.3) is 27.5 Å². The molecule has 0 amide bonds. The normalized spacial score (nSPS) is 11.3. The smallest absolute Gasteiger partial charge is 0.210 e. The molecule has 6 nitrogen and oxygen atoms in total. The molecule has 2 aromatic heterocycles. The summed E-state index contributed by atoms with van der Waals surface area (Å²) >= 11 is 1.30. The Kier molecular flexibility index (Phi) is 6.33. The van der Waals surface area contributed by atoms with Crippen LogP contribution < -0.4 is 0 Å². The first-order chi connectivity index (χ1) is 16.6. The highest BCUT2D eigenvalue weighted by atomic mass is 32.1. The van der Waals surface area contributed by atoms with E-state index < -0.39 is 6.29 Å². The van der Waals surface area contributed by atoms with Gasteiger partial charge >= 0.3 is 0 Å². The summed E-state index contributed by atoms with van der Waals surface area (Å²) < 4.78 is 1.69. The van der Waals surface area contributed by atoms with Crippen molar-refractivity contribution < 1.29 is 15.3 Å². The summed E-state index contributed by atoms with van der Waals surface area (Å²) in [4.78, 5) is 4.31. The highest BCUT2D eigenvalue weighted by molar-refractivity contribution is 7.12. The lowest BCUT2D eigenvalue weighted by molar-refractivity contribution is -0.0454. The van der Waals surface area contributed by atoms with Crippen LogP contribution >= 0.6 is 11.3 Å². The van der Waals surface area contributed by atoms with Crippen LogP contribution in [0, 0.1) is 0 Å². The van der Waals surface area contributed by atoms with E-state index in [2.05, 4.69) is 29.2 Å². The van der Waals surface area contributed by atoms with E-state index in [1.54, 1.807) is 10.1 Å². The average molecular weight is 470 g/mol. The highest BCUT2D eigenvalue weighted by Gasteiger charge is 2.17. The van der Waals surface area contributed by atoms with E-state index >= 15 is 0 Å². The Labute approximate surface area is 201 Å². The van der Waals surface area contributed by atoms with E-state index in [0.29, 0.717) is 11.6 Å². The van der Waals surface area contributed by atoms with Gasteiger partial charge in [-0.2, -0.15) is 5.10 Å². The maximum absolute atomic E-state index is 9.45. The van der Waals surface area contributed by atoms with Crippen molar-refractivity contribution in [2.75, 3.05) is 0 Å². The average Bonchev–Trinajstić information content (AvgIpc) is 3.53. The van der Waals surface area contributed by atoms with Crippen molar-refractivity contribution in [3.63, 3.8) is 0 Å². The third-order valence-electron chi connectivity index (χ3n) is 5.60. The van der Waals surface area contributed by atoms with E-state index in [4.69, 9.17) is 5.10 Å². The molecule has 7 heteroatoms. The zero-order valence-corrected chi connectivity index (χ0v) is 19.1. The molecule has 0 fully saturated rings. The Hall–Kier alpha value is -3.62. The van der Waals surface area contributed by atoms with Crippen molar-refractivity contribution in [3.8, 4) is 27.5 Å². The molecule has 0 spiro atoms. The highest BCUT2D eigenvalue weighted by Crippen LogP contribution is 2.30. The van der Waals surface area contributed by atoms with Gasteiger partial charge in [0.15, 0.2) is 6.29 Å². The van der Waals surface area contributed by atoms with Gasteiger partial charge in [0.1, 0.15) is 5.69 Å². The number of aliphatic hydroxyl groups is 3. The molecule has 0 radical (unpaired) electrons. The molecule has 2 heterocycles. The van der Waals surface area contributed by atoms with Crippen molar-refractivity contribution in [2.24, 2.45) is 0 Å². The van der Waals surface area contributed by atoms with Gasteiger partial charge in [-0.15, -0.1) is 11.3 Å². The lowest BCUT2D eigenvalue weighted by Crippen LogP contribution is -1.98. The van der Waals surface area contributed by atoms with Crippen LogP contribution in [0.3, 0.4) is 0 Å². The third-order valence-corrected chi connectivity index (χ3v) is 6.45. The van der Waals surface area contributed by atoms with E-state index in [1.165, 1.54) is 11.3 Å². The van der Waals surface area contributed by atoms with E-state index in [1.807, 2.05) is 60.8 Å². The fourth-order valence-corrected chi connectivity index (χ4v) is 4.60. The summed E-state index contributed by atoms with van der Waals surface area (Å²) in [5, 5.41) is 35.3. The lowest BCUT2D eigenvalue weighted by atomic mass is 9.98. The summed E-state index contributed by atoms with van der Waals surface area (Å²) in [5.41, 5.74) is 7.24. The van der Waals surface area contributed by atoms with Crippen LogP contribution in [-0.4, -0.2) is 30.1 Å². The van der Waals surface area contributed by atoms with Crippen molar-refractivity contribution in [1.82, 2.24) is 14.8 Å². The summed E-state index contributed by atoms with van der Waals surface area (Å²) in [6.07, 6.45) is 0.973. The van der Waals surface area contributed by atoms with Crippen molar-refractivity contribution in [3.05, 3.63) is 113 Å². The van der Waals surface area contributed by atoms with Crippen LogP contribution in [0.5, 0.6) is 0 Å². The summed E-state index contributed by atoms with van der Waals surface area (Å²) in [5.74, 6) is 0. The van der Waals surface area contributed by atoms with E-state index in [0.717, 1.165) is 39.1 Å². The molecule has 0 saturated carbocycles. The van der Waals surface area contributed by atoms with E-state index in [9.17, 15) is 15.3 Å². The van der Waals surface area contributed by atoms with Gasteiger partial charge in [0.25, 0.3) is 0 Å². The molecule has 0 aliphatic heterocycles. The Morgan fingerprint density at radius 1 is 0.824 bits per heavy atom. The lowest BCUT2D eigenvalue weighted by Gasteiger charge is -2.07. The molecular weight excluding hydrogens is 446 g/mol. The minimum Gasteiger partial charge on any atom is -0.392 e. The molecule has 3 aromatic carbocycles. The van der Waals surface area contributed by atoms with Crippen LogP contribution in [0.15, 0.2) is 90.4 Å². The Morgan fingerprint density at radius 2 is 1.53 bits per heavy atom. The van der Waals surface area contributed by atoms with Crippen molar-refractivity contribution in [1.29, 1.82) is 0 Å². The van der Waals surface area contributed by atoms with Crippen LogP contribution in [0.4, 0.5) is 0 Å². The zero-order chi connectivity index (χ0) is 23.5. The van der Waals surface area contributed by atoms with Crippen molar-refractivity contribution >= 4 is 11.3 Å². The molecule has 0 saturated heterocycles. The quantitative estimate of drug-likeness (QED) is 0.300. The van der Waals surface area contributed by atoms with Gasteiger partial charge in [0.2, 0.25) is 5.13 Å². The van der Waals surface area contributed by atoms with Gasteiger partial charge in [-0.25, -0.2) is 9.67 Å². The van der Waals surface area contributed by atoms with Crippen molar-refractivity contribution in [2.45, 2.75) is 19.3 Å². The Bertz CT molecular complexity index is 1390. The van der Waals surface area contributed by atoms with Crippen LogP contribution in [-0.2, 0) is 13.0 Å². The number of hydrogen-bond acceptors (Lipinski definition) is 6. The first-order valence-corrected chi connectivity index (χ1v) is 11.7. The molecule has 0 bridgehead atoms. The number of nitrogens with zero attached hydrogens (tertiary/aromatic N) is 3. The van der Waals surface area contributed by atoms with Gasteiger partial charge < -0.3 is 15.3 Å². The molecule has 5 aromatic rings. The number of aliphatic hydroxyl groups excluding tert-OH is 2. The minimum atomic E-state index is -1.62. The van der Waals surface area contributed by atoms with Gasteiger partial charge in [-0.3, -0.25) is 0 Å². The fourth-order valence-electron chi connectivity index (χ4n) is 3.84. The number of aromatic nitrogens is 3. The fraction of sp³-hybridized carbons (Fsp3) is 0.111. The zero-order valence-electron chi connectivity index (χ0n) is 18.2. The molecule has 0 aliphatic carbocycles. The largest absolute Gasteiger partial charge is 0.392 e. The number of hydrogen-bond donors (Lipinski definition) is 3. The third kappa shape index (κ3) is 4.69. The van der Waals surface area contributed by atoms with Gasteiger partial charge in [-0.1, -0.05) is 72.8 Å². The summed E-state index contributed by atoms with van der Waals surface area (Å²) in [7, 11) is 0. The summed E-state index contributed by atoms with van der Waals surface area (Å²) in [6.45, 7) is 0.0127. The summed E-state index contributed by atoms with van der Waals surface area (Å²) in [6, 6.07) is 26.4. The molecule has 170 valence electrons. The van der Waals surface area contributed by atoms with E-state index in [-0.39, 0.29) is 12.3 Å². The second-order valence-electron chi connectivity index (χ2n) is 7.97. The number of benzene rings is 3. The second kappa shape index (κ2) is 9.70. The molecule has 0 aliphatic rings. The molecule has 0 atom stereocenters. The standard InChI is InChI=1S/C27H23N3O3S/c31-16-19-11-9-18(10-12-19)13-23-15-30(27-28-24(17-34-27)26(32)33)29-25(23)22-8-4-7-21(14-22)20-5-2-1-3-6-20/h1-12,14-15,17,26,31-33H,13,16H2. The maximum Gasteiger partial charge on any atom is 0.210 e. The predicted octanol–water partition coefficient (Wildman–Crippen LogP) is 4.73. The molecular formula is C27H23N3O3S. The molecule has 34 heavy (non-hydrogen) atoms. The SMILES string of the molecule is OCc1ccc(Cc2cn(-c3nc(C(O)O)cs3)nc2-c2cccc(-c3ccccc3)c2)cc1. The molecule has 3 N–H and O–H groups in total. The van der Waals surface area contributed by atoms with Crippen LogP contribution in [0.1, 0.15) is 28.7 Å². The molecule has 5 rings (SSSR count). The number of thiazole rings is 1. The predicted molar refractivity (Wildman–Crippen MR) is 132 cm³/mol.